The molecule has 116 valence electrons. The first-order valence-electron chi connectivity index (χ1n) is 6.88. The topological polar surface area (TPSA) is 102 Å². The number of nitrogens with zero attached hydrogens (tertiary/aromatic N) is 2. The van der Waals surface area contributed by atoms with E-state index in [-0.39, 0.29) is 29.9 Å². The minimum absolute atomic E-state index is 0.0585. The average molecular weight is 294 g/mol. The molecule has 0 aliphatic carbocycles. The third-order valence-corrected chi connectivity index (χ3v) is 2.96. The zero-order valence-corrected chi connectivity index (χ0v) is 12.6. The Morgan fingerprint density at radius 1 is 1.48 bits per heavy atom. The van der Waals surface area contributed by atoms with Gasteiger partial charge in [-0.25, -0.2) is 0 Å². The number of nitro groups is 1. The van der Waals surface area contributed by atoms with E-state index < -0.39 is 4.92 Å². The van der Waals surface area contributed by atoms with Gasteiger partial charge in [0.2, 0.25) is 5.91 Å². The van der Waals surface area contributed by atoms with E-state index in [0.29, 0.717) is 13.1 Å². The number of carbonyl (C=O) groups excluding carboxylic acids is 1. The third-order valence-electron chi connectivity index (χ3n) is 2.96. The van der Waals surface area contributed by atoms with Crippen LogP contribution in [0.5, 0.6) is 0 Å². The van der Waals surface area contributed by atoms with Crippen LogP contribution in [0, 0.1) is 10.1 Å². The molecular formula is C14H22N4O3. The highest BCUT2D eigenvalue weighted by Gasteiger charge is 2.15. The van der Waals surface area contributed by atoms with Crippen molar-refractivity contribution >= 4 is 17.3 Å². The minimum Gasteiger partial charge on any atom is -0.393 e. The highest BCUT2D eigenvalue weighted by Crippen LogP contribution is 2.22. The molecule has 0 heterocycles. The summed E-state index contributed by atoms with van der Waals surface area (Å²) in [5.41, 5.74) is 6.37. The van der Waals surface area contributed by atoms with Gasteiger partial charge >= 0.3 is 0 Å². The van der Waals surface area contributed by atoms with E-state index in [9.17, 15) is 14.9 Å². The van der Waals surface area contributed by atoms with Gasteiger partial charge in [-0.15, -0.1) is 0 Å². The number of nitrogen functional groups attached to an aromatic ring is 1. The molecule has 1 aromatic rings. The molecule has 1 rings (SSSR count). The fourth-order valence-electron chi connectivity index (χ4n) is 1.95. The molecule has 0 fully saturated rings. The van der Waals surface area contributed by atoms with E-state index >= 15 is 0 Å². The number of carbonyl (C=O) groups is 1. The van der Waals surface area contributed by atoms with Crippen molar-refractivity contribution in [2.45, 2.75) is 33.4 Å². The van der Waals surface area contributed by atoms with E-state index in [1.807, 2.05) is 25.7 Å². The number of benzene rings is 1. The Morgan fingerprint density at radius 2 is 2.14 bits per heavy atom. The maximum absolute atomic E-state index is 11.8. The fourth-order valence-corrected chi connectivity index (χ4v) is 1.95. The molecule has 0 saturated heterocycles. The molecule has 0 spiro atoms. The number of likely N-dealkylation sites (N-methyl/N-ethyl adjacent to an activating group) is 1. The number of amides is 1. The van der Waals surface area contributed by atoms with Crippen LogP contribution >= 0.6 is 0 Å². The molecule has 1 amide bonds. The molecule has 0 atom stereocenters. The number of nitro benzene ring substituents is 1. The second-order valence-corrected chi connectivity index (χ2v) is 5.18. The lowest BCUT2D eigenvalue weighted by atomic mass is 10.1. The number of hydrogen-bond donors (Lipinski definition) is 2. The van der Waals surface area contributed by atoms with Gasteiger partial charge in [0.25, 0.3) is 5.69 Å². The van der Waals surface area contributed by atoms with Gasteiger partial charge in [-0.3, -0.25) is 19.8 Å². The van der Waals surface area contributed by atoms with E-state index in [1.165, 1.54) is 12.1 Å². The van der Waals surface area contributed by atoms with Gasteiger partial charge in [-0.1, -0.05) is 13.0 Å². The van der Waals surface area contributed by atoms with Gasteiger partial charge in [0.1, 0.15) is 5.69 Å². The summed E-state index contributed by atoms with van der Waals surface area (Å²) < 4.78 is 0. The van der Waals surface area contributed by atoms with Gasteiger partial charge in [0.15, 0.2) is 0 Å². The van der Waals surface area contributed by atoms with Crippen LogP contribution in [0.4, 0.5) is 11.4 Å². The monoisotopic (exact) mass is 294 g/mol. The van der Waals surface area contributed by atoms with Crippen LogP contribution in [-0.2, 0) is 11.3 Å². The van der Waals surface area contributed by atoms with Crippen LogP contribution in [0.1, 0.15) is 26.3 Å². The molecule has 0 bridgehead atoms. The third kappa shape index (κ3) is 5.39. The number of rotatable bonds is 7. The summed E-state index contributed by atoms with van der Waals surface area (Å²) in [6.07, 6.45) is 0. The average Bonchev–Trinajstić information content (AvgIpc) is 2.38. The standard InChI is InChI=1S/C14H22N4O3/c1-4-17(9-14(19)16-10(2)3)8-11-5-6-12(15)13(7-11)18(20)21/h5-7,10H,4,8-9,15H2,1-3H3,(H,16,19). The predicted molar refractivity (Wildman–Crippen MR) is 81.7 cm³/mol. The van der Waals surface area contributed by atoms with Crippen molar-refractivity contribution in [1.82, 2.24) is 10.2 Å². The Morgan fingerprint density at radius 3 is 2.67 bits per heavy atom. The van der Waals surface area contributed by atoms with Crippen molar-refractivity contribution in [3.8, 4) is 0 Å². The number of nitrogens with one attached hydrogen (secondary N) is 1. The van der Waals surface area contributed by atoms with Gasteiger partial charge in [-0.2, -0.15) is 0 Å². The SMILES string of the molecule is CCN(CC(=O)NC(C)C)Cc1ccc(N)c([N+](=O)[O-])c1. The second kappa shape index (κ2) is 7.58. The molecular weight excluding hydrogens is 272 g/mol. The van der Waals surface area contributed by atoms with Gasteiger partial charge in [0.05, 0.1) is 11.5 Å². The van der Waals surface area contributed by atoms with Crippen molar-refractivity contribution in [3.63, 3.8) is 0 Å². The number of anilines is 1. The molecule has 0 unspecified atom stereocenters. The lowest BCUT2D eigenvalue weighted by Gasteiger charge is -2.20. The summed E-state index contributed by atoms with van der Waals surface area (Å²) in [5, 5.41) is 13.7. The molecule has 0 aliphatic rings. The summed E-state index contributed by atoms with van der Waals surface area (Å²) in [6.45, 7) is 7.13. The summed E-state index contributed by atoms with van der Waals surface area (Å²) in [5.74, 6) is -0.0585. The molecule has 7 heteroatoms. The quantitative estimate of drug-likeness (QED) is 0.451. The van der Waals surface area contributed by atoms with Crippen LogP contribution < -0.4 is 11.1 Å². The van der Waals surface area contributed by atoms with E-state index in [0.717, 1.165) is 5.56 Å². The summed E-state index contributed by atoms with van der Waals surface area (Å²) in [4.78, 5) is 24.0. The maximum atomic E-state index is 11.8. The van der Waals surface area contributed by atoms with Crippen molar-refractivity contribution in [2.24, 2.45) is 0 Å². The smallest absolute Gasteiger partial charge is 0.292 e. The van der Waals surface area contributed by atoms with Crippen LogP contribution in [0.25, 0.3) is 0 Å². The van der Waals surface area contributed by atoms with E-state index in [4.69, 9.17) is 5.73 Å². The molecule has 1 aromatic carbocycles. The lowest BCUT2D eigenvalue weighted by molar-refractivity contribution is -0.384. The Bertz CT molecular complexity index is 517. The highest BCUT2D eigenvalue weighted by atomic mass is 16.6. The molecule has 21 heavy (non-hydrogen) atoms. The summed E-state index contributed by atoms with van der Waals surface area (Å²) in [7, 11) is 0. The Balaban J connectivity index is 2.75. The van der Waals surface area contributed by atoms with E-state index in [2.05, 4.69) is 5.32 Å². The Kier molecular flexibility index (Phi) is 6.10. The van der Waals surface area contributed by atoms with Gasteiger partial charge in [-0.05, 0) is 32.0 Å². The second-order valence-electron chi connectivity index (χ2n) is 5.18. The largest absolute Gasteiger partial charge is 0.393 e. The van der Waals surface area contributed by atoms with Crippen molar-refractivity contribution in [1.29, 1.82) is 0 Å². The predicted octanol–water partition coefficient (Wildman–Crippen LogP) is 1.52. The molecule has 0 aromatic heterocycles. The fraction of sp³-hybridized carbons (Fsp3) is 0.500. The van der Waals surface area contributed by atoms with Crippen molar-refractivity contribution < 1.29 is 9.72 Å². The molecule has 0 aliphatic heterocycles. The minimum atomic E-state index is -0.499. The van der Waals surface area contributed by atoms with Crippen LogP contribution in [0.15, 0.2) is 18.2 Å². The Hall–Kier alpha value is -2.15. The lowest BCUT2D eigenvalue weighted by Crippen LogP contribution is -2.39. The van der Waals surface area contributed by atoms with Crippen molar-refractivity contribution in [3.05, 3.63) is 33.9 Å². The first kappa shape index (κ1) is 16.9. The van der Waals surface area contributed by atoms with Crippen LogP contribution in [0.2, 0.25) is 0 Å². The zero-order chi connectivity index (χ0) is 16.0. The van der Waals surface area contributed by atoms with Gasteiger partial charge < -0.3 is 11.1 Å². The summed E-state index contributed by atoms with van der Waals surface area (Å²) in [6, 6.07) is 4.81. The zero-order valence-electron chi connectivity index (χ0n) is 12.6. The molecule has 0 saturated carbocycles. The molecule has 7 nitrogen and oxygen atoms in total. The van der Waals surface area contributed by atoms with Crippen LogP contribution in [-0.4, -0.2) is 34.9 Å². The Labute approximate surface area is 124 Å². The highest BCUT2D eigenvalue weighted by molar-refractivity contribution is 5.78. The molecule has 0 radical (unpaired) electrons. The summed E-state index contributed by atoms with van der Waals surface area (Å²) >= 11 is 0. The van der Waals surface area contributed by atoms with Gasteiger partial charge in [0, 0.05) is 18.7 Å². The molecule has 3 N–H and O–H groups in total. The number of nitrogens with two attached hydrogens (primary N) is 1. The first-order valence-corrected chi connectivity index (χ1v) is 6.88. The normalized spacial score (nSPS) is 10.9. The number of hydrogen-bond acceptors (Lipinski definition) is 5. The maximum Gasteiger partial charge on any atom is 0.292 e. The van der Waals surface area contributed by atoms with Crippen molar-refractivity contribution in [2.75, 3.05) is 18.8 Å². The van der Waals surface area contributed by atoms with Crippen LogP contribution in [0.3, 0.4) is 0 Å². The van der Waals surface area contributed by atoms with E-state index in [1.54, 1.807) is 6.07 Å². The first-order chi connectivity index (χ1) is 9.83.